The third-order valence-electron chi connectivity index (χ3n) is 4.65. The molecular formula is C22H19BrF3N3O2. The summed E-state index contributed by atoms with van der Waals surface area (Å²) in [6, 6.07) is 6.70. The summed E-state index contributed by atoms with van der Waals surface area (Å²) in [5.41, 5.74) is 0.824. The van der Waals surface area contributed by atoms with Crippen molar-refractivity contribution in [2.24, 2.45) is 0 Å². The SMILES string of the molecule is CCCc1cc(-c2cc(NCCc3c(F)cc(Br)cc3F)ncn2)cc(F)c1C(=O)O. The molecule has 2 N–H and O–H groups in total. The lowest BCUT2D eigenvalue weighted by Gasteiger charge is -2.11. The van der Waals surface area contributed by atoms with Gasteiger partial charge in [-0.05, 0) is 42.7 Å². The number of aryl methyl sites for hydroxylation is 1. The Morgan fingerprint density at radius 3 is 2.39 bits per heavy atom. The average molecular weight is 494 g/mol. The average Bonchev–Trinajstić information content (AvgIpc) is 2.69. The number of benzene rings is 2. The highest BCUT2D eigenvalue weighted by Crippen LogP contribution is 2.26. The van der Waals surface area contributed by atoms with Gasteiger partial charge in [0.05, 0.1) is 11.3 Å². The standard InChI is InChI=1S/C22H19BrF3N3O2/c1-2-3-12-6-13(7-18(26)21(12)22(30)31)19-10-20(29-11-28-19)27-5-4-15-16(24)8-14(23)9-17(15)25/h6-11H,2-5H2,1H3,(H,30,31)(H,27,28,29). The summed E-state index contributed by atoms with van der Waals surface area (Å²) in [5.74, 6) is -3.04. The number of aromatic carboxylic acids is 1. The molecule has 0 amide bonds. The fourth-order valence-electron chi connectivity index (χ4n) is 3.26. The molecule has 2 aromatic carbocycles. The summed E-state index contributed by atoms with van der Waals surface area (Å²) in [6.07, 6.45) is 2.43. The Kier molecular flexibility index (Phi) is 7.27. The summed E-state index contributed by atoms with van der Waals surface area (Å²) in [5, 5.41) is 12.3. The van der Waals surface area contributed by atoms with Crippen LogP contribution in [0, 0.1) is 17.5 Å². The van der Waals surface area contributed by atoms with Crippen LogP contribution >= 0.6 is 15.9 Å². The van der Waals surface area contributed by atoms with Gasteiger partial charge in [-0.25, -0.2) is 27.9 Å². The lowest BCUT2D eigenvalue weighted by atomic mass is 9.98. The van der Waals surface area contributed by atoms with Gasteiger partial charge in [0.1, 0.15) is 29.6 Å². The normalized spacial score (nSPS) is 10.9. The molecule has 0 aliphatic carbocycles. The minimum absolute atomic E-state index is 0.0412. The second kappa shape index (κ2) is 9.91. The molecular weight excluding hydrogens is 475 g/mol. The molecule has 0 spiro atoms. The van der Waals surface area contributed by atoms with Gasteiger partial charge in [0.15, 0.2) is 0 Å². The topological polar surface area (TPSA) is 75.1 Å². The number of carboxylic acids is 1. The van der Waals surface area contributed by atoms with Crippen molar-refractivity contribution in [1.82, 2.24) is 9.97 Å². The van der Waals surface area contributed by atoms with Crippen LogP contribution in [0.2, 0.25) is 0 Å². The fourth-order valence-corrected chi connectivity index (χ4v) is 3.66. The van der Waals surface area contributed by atoms with E-state index in [-0.39, 0.29) is 24.1 Å². The highest BCUT2D eigenvalue weighted by molar-refractivity contribution is 9.10. The Morgan fingerprint density at radius 2 is 1.74 bits per heavy atom. The van der Waals surface area contributed by atoms with Crippen molar-refractivity contribution in [3.05, 3.63) is 75.3 Å². The zero-order valence-electron chi connectivity index (χ0n) is 16.6. The molecule has 0 radical (unpaired) electrons. The number of aromatic nitrogens is 2. The molecule has 5 nitrogen and oxygen atoms in total. The summed E-state index contributed by atoms with van der Waals surface area (Å²) in [7, 11) is 0. The molecule has 0 saturated carbocycles. The van der Waals surface area contributed by atoms with Crippen molar-refractivity contribution in [3.8, 4) is 11.3 Å². The Balaban J connectivity index is 1.80. The molecule has 162 valence electrons. The van der Waals surface area contributed by atoms with E-state index in [0.29, 0.717) is 40.0 Å². The van der Waals surface area contributed by atoms with Gasteiger partial charge in [-0.3, -0.25) is 0 Å². The van der Waals surface area contributed by atoms with Gasteiger partial charge < -0.3 is 10.4 Å². The van der Waals surface area contributed by atoms with Crippen molar-refractivity contribution in [2.45, 2.75) is 26.2 Å². The smallest absolute Gasteiger partial charge is 0.338 e. The largest absolute Gasteiger partial charge is 0.478 e. The number of nitrogens with one attached hydrogen (secondary N) is 1. The number of carboxylic acid groups (broad SMARTS) is 1. The maximum atomic E-state index is 14.5. The molecule has 0 fully saturated rings. The van der Waals surface area contributed by atoms with E-state index in [1.165, 1.54) is 18.5 Å². The third kappa shape index (κ3) is 5.41. The molecule has 1 heterocycles. The maximum absolute atomic E-state index is 14.5. The molecule has 0 saturated heterocycles. The summed E-state index contributed by atoms with van der Waals surface area (Å²) < 4.78 is 42.7. The first-order valence-corrected chi connectivity index (χ1v) is 10.3. The molecule has 0 aliphatic rings. The van der Waals surface area contributed by atoms with Crippen LogP contribution in [-0.2, 0) is 12.8 Å². The molecule has 31 heavy (non-hydrogen) atoms. The molecule has 0 bridgehead atoms. The quantitative estimate of drug-likeness (QED) is 0.425. The summed E-state index contributed by atoms with van der Waals surface area (Å²) >= 11 is 3.04. The van der Waals surface area contributed by atoms with Crippen LogP contribution in [0.3, 0.4) is 0 Å². The van der Waals surface area contributed by atoms with Crippen LogP contribution in [0.15, 0.2) is 41.1 Å². The minimum atomic E-state index is -1.31. The van der Waals surface area contributed by atoms with Crippen molar-refractivity contribution >= 4 is 27.7 Å². The molecule has 1 aromatic heterocycles. The maximum Gasteiger partial charge on any atom is 0.338 e. The van der Waals surface area contributed by atoms with E-state index in [1.807, 2.05) is 6.92 Å². The first kappa shape index (κ1) is 22.7. The van der Waals surface area contributed by atoms with Crippen molar-refractivity contribution in [3.63, 3.8) is 0 Å². The van der Waals surface area contributed by atoms with Crippen LogP contribution in [0.5, 0.6) is 0 Å². The van der Waals surface area contributed by atoms with Gasteiger partial charge in [-0.1, -0.05) is 29.3 Å². The van der Waals surface area contributed by atoms with E-state index in [2.05, 4.69) is 31.2 Å². The minimum Gasteiger partial charge on any atom is -0.478 e. The number of halogens is 4. The Hall–Kier alpha value is -2.94. The first-order valence-electron chi connectivity index (χ1n) is 9.55. The number of hydrogen-bond acceptors (Lipinski definition) is 4. The monoisotopic (exact) mass is 493 g/mol. The van der Waals surface area contributed by atoms with Crippen LogP contribution < -0.4 is 5.32 Å². The predicted molar refractivity (Wildman–Crippen MR) is 115 cm³/mol. The van der Waals surface area contributed by atoms with Crippen LogP contribution in [0.25, 0.3) is 11.3 Å². The van der Waals surface area contributed by atoms with E-state index in [0.717, 1.165) is 6.07 Å². The zero-order valence-corrected chi connectivity index (χ0v) is 18.1. The Labute approximate surface area is 185 Å². The second-order valence-electron chi connectivity index (χ2n) is 6.86. The number of nitrogens with zero attached hydrogens (tertiary/aromatic N) is 2. The molecule has 9 heteroatoms. The van der Waals surface area contributed by atoms with Crippen LogP contribution in [-0.4, -0.2) is 27.6 Å². The van der Waals surface area contributed by atoms with Gasteiger partial charge in [0.2, 0.25) is 0 Å². The van der Waals surface area contributed by atoms with Gasteiger partial charge in [-0.15, -0.1) is 0 Å². The third-order valence-corrected chi connectivity index (χ3v) is 5.11. The molecule has 3 rings (SSSR count). The van der Waals surface area contributed by atoms with E-state index >= 15 is 0 Å². The second-order valence-corrected chi connectivity index (χ2v) is 7.78. The van der Waals surface area contributed by atoms with E-state index < -0.39 is 23.4 Å². The lowest BCUT2D eigenvalue weighted by Crippen LogP contribution is -2.09. The lowest BCUT2D eigenvalue weighted by molar-refractivity contribution is 0.0690. The molecule has 3 aromatic rings. The van der Waals surface area contributed by atoms with E-state index in [1.54, 1.807) is 12.1 Å². The van der Waals surface area contributed by atoms with Crippen LogP contribution in [0.1, 0.15) is 34.8 Å². The van der Waals surface area contributed by atoms with Gasteiger partial charge in [0, 0.05) is 28.2 Å². The fraction of sp³-hybridized carbons (Fsp3) is 0.227. The predicted octanol–water partition coefficient (Wildman–Crippen LogP) is 5.63. The molecule has 0 atom stereocenters. The zero-order chi connectivity index (χ0) is 22.5. The van der Waals surface area contributed by atoms with Gasteiger partial charge in [0.25, 0.3) is 0 Å². The molecule has 0 aliphatic heterocycles. The highest BCUT2D eigenvalue weighted by Gasteiger charge is 2.18. The van der Waals surface area contributed by atoms with E-state index in [9.17, 15) is 23.1 Å². The van der Waals surface area contributed by atoms with Crippen molar-refractivity contribution in [2.75, 3.05) is 11.9 Å². The highest BCUT2D eigenvalue weighted by atomic mass is 79.9. The summed E-state index contributed by atoms with van der Waals surface area (Å²) in [4.78, 5) is 19.6. The Bertz CT molecular complexity index is 1100. The number of anilines is 1. The number of hydrogen-bond donors (Lipinski definition) is 2. The van der Waals surface area contributed by atoms with Gasteiger partial charge >= 0.3 is 5.97 Å². The number of rotatable bonds is 8. The first-order chi connectivity index (χ1) is 14.8. The van der Waals surface area contributed by atoms with Crippen molar-refractivity contribution in [1.29, 1.82) is 0 Å². The van der Waals surface area contributed by atoms with Gasteiger partial charge in [-0.2, -0.15) is 0 Å². The van der Waals surface area contributed by atoms with Crippen LogP contribution in [0.4, 0.5) is 19.0 Å². The number of carbonyl (C=O) groups is 1. The van der Waals surface area contributed by atoms with E-state index in [4.69, 9.17) is 0 Å². The Morgan fingerprint density at radius 1 is 1.03 bits per heavy atom. The van der Waals surface area contributed by atoms with Crippen molar-refractivity contribution < 1.29 is 23.1 Å². The molecule has 0 unspecified atom stereocenters. The summed E-state index contributed by atoms with van der Waals surface area (Å²) in [6.45, 7) is 2.08.